The van der Waals surface area contributed by atoms with Crippen LogP contribution < -0.4 is 49.5 Å². The maximum Gasteiger partial charge on any atom is 0.245 e. The molecular formula is C50H53BrN20S3. The Morgan fingerprint density at radius 1 is 0.595 bits per heavy atom. The summed E-state index contributed by atoms with van der Waals surface area (Å²) in [6.45, 7) is 20.0. The van der Waals surface area contributed by atoms with E-state index in [1.54, 1.807) is 28.9 Å². The molecule has 0 bridgehead atoms. The number of halogens is 1. The highest BCUT2D eigenvalue weighted by atomic mass is 79.9. The smallest absolute Gasteiger partial charge is 0.245 e. The van der Waals surface area contributed by atoms with Crippen LogP contribution in [0.2, 0.25) is 0 Å². The monoisotopic (exact) mass is 1110 g/mol. The fourth-order valence-electron chi connectivity index (χ4n) is 7.10. The van der Waals surface area contributed by atoms with Gasteiger partial charge in [-0.3, -0.25) is 5.41 Å². The van der Waals surface area contributed by atoms with Crippen molar-refractivity contribution in [2.45, 2.75) is 38.9 Å². The molecule has 0 amide bonds. The van der Waals surface area contributed by atoms with Crippen LogP contribution in [0.15, 0.2) is 112 Å². The molecule has 24 heteroatoms. The second-order valence-electron chi connectivity index (χ2n) is 16.0. The van der Waals surface area contributed by atoms with Crippen LogP contribution in [0.4, 0.5) is 46.7 Å². The van der Waals surface area contributed by atoms with Crippen LogP contribution >= 0.6 is 49.9 Å². The van der Waals surface area contributed by atoms with Crippen LogP contribution in [0.3, 0.4) is 0 Å². The predicted octanol–water partition coefficient (Wildman–Crippen LogP) is 10.4. The summed E-state index contributed by atoms with van der Waals surface area (Å²) in [6, 6.07) is 25.9. The number of anilines is 6. The number of thiophene rings is 3. The molecule has 3 atom stereocenters. The van der Waals surface area contributed by atoms with Crippen molar-refractivity contribution in [2.75, 3.05) is 53.9 Å². The Bertz CT molecular complexity index is 3620. The third-order valence-electron chi connectivity index (χ3n) is 11.4. The average molecular weight is 1110 g/mol. The molecule has 3 unspecified atom stereocenters. The minimum absolute atomic E-state index is 0.102. The molecule has 0 spiro atoms. The average Bonchev–Trinajstić information content (AvgIpc) is 4.16. The van der Waals surface area contributed by atoms with E-state index in [2.05, 4.69) is 180 Å². The highest BCUT2D eigenvalue weighted by molar-refractivity contribution is 9.10. The van der Waals surface area contributed by atoms with Gasteiger partial charge in [-0.15, -0.1) is 34.0 Å². The standard InChI is InChI=1S/C17H17N7S.C16H15N5S.C11H13NS.C5H3BrN4.CH5N3/c1-9(12-8-25-13-6-4-3-5-10(12)13)24(2)17-20-7-11-14(18)21-16(19)22-15(11)23-17;1-10(12-9-22-14-7-5-4-6-11(12)14)21(3)16-19-8-13(18-2)15(17)20-16;1-8(12-2)10-7-13-11-6-4-3-5-9(10)11;1-8-3-2-9-5(6)10-4(3)7;2-1(3)4/h3-9H,1-2H3,(H4,18,19,20,21,22,23);4-10H,1,3H3,(H2,17,19,20);3-8,12H,1-2H3;2H,(H2,7,9,10);(H5,2,3,4). The van der Waals surface area contributed by atoms with Gasteiger partial charge in [0.2, 0.25) is 29.2 Å². The molecule has 0 saturated heterocycles. The van der Waals surface area contributed by atoms with Crippen molar-refractivity contribution in [1.29, 1.82) is 5.41 Å². The number of nitrogens with two attached hydrogens (primary N) is 6. The second kappa shape index (κ2) is 25.3. The summed E-state index contributed by atoms with van der Waals surface area (Å²) in [5, 5.41) is 20.4. The Hall–Kier alpha value is -8.39. The highest BCUT2D eigenvalue weighted by Gasteiger charge is 2.21. The fourth-order valence-corrected chi connectivity index (χ4v) is 10.5. The van der Waals surface area contributed by atoms with Crippen LogP contribution in [0.1, 0.15) is 55.6 Å². The predicted molar refractivity (Wildman–Crippen MR) is 310 cm³/mol. The topological polar surface area (TPSA) is 310 Å². The molecule has 14 N–H and O–H groups in total. The summed E-state index contributed by atoms with van der Waals surface area (Å²) in [7, 11) is 5.90. The van der Waals surface area contributed by atoms with Gasteiger partial charge in [-0.1, -0.05) is 54.6 Å². The van der Waals surface area contributed by atoms with Crippen molar-refractivity contribution in [3.8, 4) is 0 Å². The molecule has 7 aromatic heterocycles. The number of hydrogen-bond donors (Lipinski definition) is 8. The molecule has 0 saturated carbocycles. The van der Waals surface area contributed by atoms with Crippen LogP contribution in [0.5, 0.6) is 0 Å². The maximum atomic E-state index is 7.00. The van der Waals surface area contributed by atoms with Crippen molar-refractivity contribution in [3.63, 3.8) is 0 Å². The Balaban J connectivity index is 0.000000165. The molecule has 378 valence electrons. The van der Waals surface area contributed by atoms with E-state index in [1.165, 1.54) is 59.3 Å². The molecule has 74 heavy (non-hydrogen) atoms. The zero-order valence-corrected chi connectivity index (χ0v) is 45.1. The largest absolute Gasteiger partial charge is 0.392 e. The molecule has 0 fully saturated rings. The lowest BCUT2D eigenvalue weighted by Gasteiger charge is -2.25. The van der Waals surface area contributed by atoms with E-state index in [1.807, 2.05) is 54.4 Å². The third-order valence-corrected chi connectivity index (χ3v) is 14.7. The first-order chi connectivity index (χ1) is 35.4. The molecule has 0 aliphatic rings. The molecule has 10 rings (SSSR count). The first kappa shape index (κ1) is 54.9. The van der Waals surface area contributed by atoms with Gasteiger partial charge < -0.3 is 49.5 Å². The lowest BCUT2D eigenvalue weighted by atomic mass is 10.1. The third kappa shape index (κ3) is 13.4. The van der Waals surface area contributed by atoms with E-state index in [4.69, 9.17) is 41.5 Å². The number of nitrogen functional groups attached to an aromatic ring is 4. The number of hydrogen-bond acceptors (Lipinski definition) is 19. The molecule has 7 heterocycles. The Kier molecular flexibility index (Phi) is 18.8. The number of nitrogens with zero attached hydrogens (tertiary/aromatic N) is 12. The number of guanidine groups is 1. The summed E-state index contributed by atoms with van der Waals surface area (Å²) in [6.07, 6.45) is 4.49. The second-order valence-corrected chi connectivity index (χ2v) is 19.5. The minimum atomic E-state index is -0.333. The van der Waals surface area contributed by atoms with Crippen molar-refractivity contribution < 1.29 is 0 Å². The van der Waals surface area contributed by atoms with Crippen molar-refractivity contribution in [2.24, 2.45) is 11.5 Å². The van der Waals surface area contributed by atoms with Gasteiger partial charge in [0, 0.05) is 52.8 Å². The zero-order valence-electron chi connectivity index (χ0n) is 41.1. The SMILES string of the molecule is CC(c1csc2ccccc12)N(C)c1ncc2c(N)nc(N)nc2n1.CNC(C)c1csc2ccccc12.N=C(N)N.[C-]#[N+]c1cnc(Br)nc1N.[C-]#[N+]c1cnc(N(C)C(C)c2csc3ccccc23)nc1N. The maximum absolute atomic E-state index is 7.00. The summed E-state index contributed by atoms with van der Waals surface area (Å²) in [5.74, 6) is 1.56. The Morgan fingerprint density at radius 3 is 1.47 bits per heavy atom. The number of rotatable bonds is 8. The van der Waals surface area contributed by atoms with Gasteiger partial charge in [0.15, 0.2) is 16.3 Å². The molecular weight excluding hydrogens is 1060 g/mol. The van der Waals surface area contributed by atoms with E-state index in [9.17, 15) is 0 Å². The summed E-state index contributed by atoms with van der Waals surface area (Å²) >= 11 is 8.31. The minimum Gasteiger partial charge on any atom is -0.392 e. The first-order valence-corrected chi connectivity index (χ1v) is 25.7. The van der Waals surface area contributed by atoms with Crippen LogP contribution in [0, 0.1) is 18.6 Å². The van der Waals surface area contributed by atoms with Crippen molar-refractivity contribution in [3.05, 3.63) is 152 Å². The van der Waals surface area contributed by atoms with E-state index < -0.39 is 0 Å². The Morgan fingerprint density at radius 2 is 1.01 bits per heavy atom. The van der Waals surface area contributed by atoms with E-state index in [0.717, 1.165) is 0 Å². The van der Waals surface area contributed by atoms with Gasteiger partial charge in [0.1, 0.15) is 17.5 Å². The van der Waals surface area contributed by atoms with E-state index >= 15 is 0 Å². The lowest BCUT2D eigenvalue weighted by Crippen LogP contribution is -2.23. The van der Waals surface area contributed by atoms with Gasteiger partial charge in [-0.05, 0) is 111 Å². The lowest BCUT2D eigenvalue weighted by molar-refractivity contribution is 0.659. The number of nitrogens with one attached hydrogen (secondary N) is 2. The number of fused-ring (bicyclic) bond motifs is 4. The van der Waals surface area contributed by atoms with Crippen LogP contribution in [0.25, 0.3) is 51.0 Å². The number of benzene rings is 3. The van der Waals surface area contributed by atoms with Crippen LogP contribution in [-0.4, -0.2) is 67.0 Å². The van der Waals surface area contributed by atoms with Gasteiger partial charge >= 0.3 is 0 Å². The number of aromatic nitrogens is 8. The van der Waals surface area contributed by atoms with Crippen LogP contribution in [-0.2, 0) is 0 Å². The summed E-state index contributed by atoms with van der Waals surface area (Å²) < 4.78 is 4.31. The Labute approximate surface area is 447 Å². The van der Waals surface area contributed by atoms with Crippen molar-refractivity contribution in [1.82, 2.24) is 45.2 Å². The molecule has 0 radical (unpaired) electrons. The van der Waals surface area contributed by atoms with E-state index in [-0.39, 0.29) is 52.8 Å². The fraction of sp³-hybridized carbons (Fsp3) is 0.180. The highest BCUT2D eigenvalue weighted by Crippen LogP contribution is 2.36. The molecule has 20 nitrogen and oxygen atoms in total. The van der Waals surface area contributed by atoms with Gasteiger partial charge in [-0.25, -0.2) is 34.6 Å². The van der Waals surface area contributed by atoms with Gasteiger partial charge in [0.25, 0.3) is 0 Å². The van der Waals surface area contributed by atoms with Crippen molar-refractivity contribution >= 4 is 144 Å². The molecule has 10 aromatic rings. The van der Waals surface area contributed by atoms with Gasteiger partial charge in [-0.2, -0.15) is 15.0 Å². The quantitative estimate of drug-likeness (QED) is 0.0303. The van der Waals surface area contributed by atoms with E-state index in [0.29, 0.717) is 33.7 Å². The summed E-state index contributed by atoms with van der Waals surface area (Å²) in [4.78, 5) is 43.3. The van der Waals surface area contributed by atoms with Gasteiger partial charge in [0.05, 0.1) is 30.6 Å². The molecule has 3 aromatic carbocycles. The zero-order chi connectivity index (χ0) is 53.6. The molecule has 0 aliphatic carbocycles. The normalized spacial score (nSPS) is 11.7. The summed E-state index contributed by atoms with van der Waals surface area (Å²) in [5.41, 5.74) is 36.5. The first-order valence-electron chi connectivity index (χ1n) is 22.3. The molecule has 0 aliphatic heterocycles.